The van der Waals surface area contributed by atoms with Crippen LogP contribution in [-0.4, -0.2) is 21.5 Å². The van der Waals surface area contributed by atoms with Crippen LogP contribution in [0.5, 0.6) is 0 Å². The summed E-state index contributed by atoms with van der Waals surface area (Å²) in [4.78, 5) is 13.0. The van der Waals surface area contributed by atoms with Crippen molar-refractivity contribution in [3.05, 3.63) is 48.9 Å². The third kappa shape index (κ3) is 2.59. The molecule has 1 N–H and O–H groups in total. The Morgan fingerprint density at radius 2 is 2.00 bits per heavy atom. The molecule has 3 rings (SSSR count). The van der Waals surface area contributed by atoms with Crippen LogP contribution in [0.2, 0.25) is 0 Å². The van der Waals surface area contributed by atoms with E-state index in [9.17, 15) is 0 Å². The van der Waals surface area contributed by atoms with Crippen LogP contribution >= 0.6 is 0 Å². The largest absolute Gasteiger partial charge is 0.370 e. The first-order valence-electron chi connectivity index (χ1n) is 6.78. The van der Waals surface area contributed by atoms with E-state index in [4.69, 9.17) is 0 Å². The first-order valence-corrected chi connectivity index (χ1v) is 6.78. The number of benzene rings is 1. The van der Waals surface area contributed by atoms with E-state index in [1.54, 1.807) is 12.5 Å². The molecule has 0 aliphatic heterocycles. The fraction of sp³-hybridized carbons (Fsp3) is 0.188. The second kappa shape index (κ2) is 5.65. The van der Waals surface area contributed by atoms with Crippen LogP contribution in [0.15, 0.2) is 48.9 Å². The summed E-state index contributed by atoms with van der Waals surface area (Å²) in [5.41, 5.74) is 2.94. The molecule has 0 unspecified atom stereocenters. The highest BCUT2D eigenvalue weighted by Gasteiger charge is 2.03. The van der Waals surface area contributed by atoms with Crippen LogP contribution in [0, 0.1) is 0 Å². The summed E-state index contributed by atoms with van der Waals surface area (Å²) < 4.78 is 0. The minimum absolute atomic E-state index is 0.859. The fourth-order valence-electron chi connectivity index (χ4n) is 2.09. The number of aromatic nitrogens is 3. The molecular weight excluding hydrogens is 248 g/mol. The maximum atomic E-state index is 4.38. The Morgan fingerprint density at radius 1 is 1.05 bits per heavy atom. The van der Waals surface area contributed by atoms with E-state index in [-0.39, 0.29) is 0 Å². The van der Waals surface area contributed by atoms with Gasteiger partial charge >= 0.3 is 0 Å². The highest BCUT2D eigenvalue weighted by molar-refractivity contribution is 5.83. The standard InChI is InChI=1S/C16H16N4/c1-2-7-18-16-10-15(19-11-20-16)13-6-5-12-4-3-8-17-14(12)9-13/h3-6,8-11H,2,7H2,1H3,(H,18,19,20). The van der Waals surface area contributed by atoms with Gasteiger partial charge in [-0.3, -0.25) is 4.98 Å². The molecule has 100 valence electrons. The van der Waals surface area contributed by atoms with E-state index >= 15 is 0 Å². The van der Waals surface area contributed by atoms with Gasteiger partial charge in [0, 0.05) is 29.8 Å². The number of hydrogen-bond donors (Lipinski definition) is 1. The zero-order valence-electron chi connectivity index (χ0n) is 11.4. The fourth-order valence-corrected chi connectivity index (χ4v) is 2.09. The third-order valence-corrected chi connectivity index (χ3v) is 3.12. The molecule has 0 saturated carbocycles. The molecule has 0 bridgehead atoms. The molecule has 3 aromatic rings. The van der Waals surface area contributed by atoms with Gasteiger partial charge in [-0.2, -0.15) is 0 Å². The summed E-state index contributed by atoms with van der Waals surface area (Å²) in [5.74, 6) is 0.859. The molecule has 0 aliphatic rings. The van der Waals surface area contributed by atoms with Gasteiger partial charge in [-0.25, -0.2) is 9.97 Å². The van der Waals surface area contributed by atoms with Gasteiger partial charge < -0.3 is 5.32 Å². The third-order valence-electron chi connectivity index (χ3n) is 3.12. The summed E-state index contributed by atoms with van der Waals surface area (Å²) in [6.45, 7) is 3.04. The topological polar surface area (TPSA) is 50.7 Å². The van der Waals surface area contributed by atoms with Gasteiger partial charge in [0.2, 0.25) is 0 Å². The Morgan fingerprint density at radius 3 is 2.90 bits per heavy atom. The van der Waals surface area contributed by atoms with Crippen molar-refractivity contribution in [3.63, 3.8) is 0 Å². The van der Waals surface area contributed by atoms with E-state index in [2.05, 4.69) is 51.5 Å². The summed E-state index contributed by atoms with van der Waals surface area (Å²) >= 11 is 0. The van der Waals surface area contributed by atoms with Crippen molar-refractivity contribution in [2.45, 2.75) is 13.3 Å². The number of hydrogen-bond acceptors (Lipinski definition) is 4. The van der Waals surface area contributed by atoms with Gasteiger partial charge in [0.1, 0.15) is 12.1 Å². The SMILES string of the molecule is CCCNc1cc(-c2ccc3cccnc3c2)ncn1. The lowest BCUT2D eigenvalue weighted by molar-refractivity contribution is 0.965. The summed E-state index contributed by atoms with van der Waals surface area (Å²) in [6, 6.07) is 12.2. The lowest BCUT2D eigenvalue weighted by Gasteiger charge is -2.06. The van der Waals surface area contributed by atoms with Crippen molar-refractivity contribution < 1.29 is 0 Å². The Bertz CT molecular complexity index is 724. The molecule has 0 spiro atoms. The molecule has 4 nitrogen and oxygen atoms in total. The first kappa shape index (κ1) is 12.5. The summed E-state index contributed by atoms with van der Waals surface area (Å²) in [5, 5.41) is 4.41. The lowest BCUT2D eigenvalue weighted by Crippen LogP contribution is -2.02. The molecule has 0 saturated heterocycles. The highest BCUT2D eigenvalue weighted by Crippen LogP contribution is 2.22. The zero-order chi connectivity index (χ0) is 13.8. The van der Waals surface area contributed by atoms with Crippen molar-refractivity contribution in [1.82, 2.24) is 15.0 Å². The first-order chi connectivity index (χ1) is 9.86. The van der Waals surface area contributed by atoms with Crippen LogP contribution in [-0.2, 0) is 0 Å². The van der Waals surface area contributed by atoms with E-state index in [1.165, 1.54) is 0 Å². The van der Waals surface area contributed by atoms with E-state index in [0.29, 0.717) is 0 Å². The van der Waals surface area contributed by atoms with E-state index < -0.39 is 0 Å². The van der Waals surface area contributed by atoms with Gasteiger partial charge in [-0.15, -0.1) is 0 Å². The summed E-state index contributed by atoms with van der Waals surface area (Å²) in [6.07, 6.45) is 4.47. The second-order valence-electron chi connectivity index (χ2n) is 4.63. The molecule has 0 amide bonds. The van der Waals surface area contributed by atoms with Crippen LogP contribution in [0.25, 0.3) is 22.2 Å². The van der Waals surface area contributed by atoms with Gasteiger partial charge in [-0.05, 0) is 18.6 Å². The molecular formula is C16H16N4. The predicted octanol–water partition coefficient (Wildman–Crippen LogP) is 3.51. The minimum Gasteiger partial charge on any atom is -0.370 e. The monoisotopic (exact) mass is 264 g/mol. The molecule has 4 heteroatoms. The van der Waals surface area contributed by atoms with Crippen molar-refractivity contribution >= 4 is 16.7 Å². The Kier molecular flexibility index (Phi) is 3.54. The number of anilines is 1. The number of rotatable bonds is 4. The molecule has 0 atom stereocenters. The Balaban J connectivity index is 1.97. The smallest absolute Gasteiger partial charge is 0.129 e. The molecule has 0 fully saturated rings. The molecule has 0 radical (unpaired) electrons. The molecule has 20 heavy (non-hydrogen) atoms. The van der Waals surface area contributed by atoms with E-state index in [0.717, 1.165) is 40.9 Å². The average Bonchev–Trinajstić information content (AvgIpc) is 2.53. The number of nitrogens with one attached hydrogen (secondary N) is 1. The maximum Gasteiger partial charge on any atom is 0.129 e. The molecule has 0 aliphatic carbocycles. The van der Waals surface area contributed by atoms with Crippen LogP contribution in [0.1, 0.15) is 13.3 Å². The normalized spacial score (nSPS) is 10.7. The molecule has 2 aromatic heterocycles. The van der Waals surface area contributed by atoms with Gasteiger partial charge in [0.25, 0.3) is 0 Å². The minimum atomic E-state index is 0.859. The Labute approximate surface area is 117 Å². The number of pyridine rings is 1. The van der Waals surface area contributed by atoms with Gasteiger partial charge in [0.05, 0.1) is 11.2 Å². The van der Waals surface area contributed by atoms with Crippen molar-refractivity contribution in [2.75, 3.05) is 11.9 Å². The van der Waals surface area contributed by atoms with Crippen molar-refractivity contribution in [2.24, 2.45) is 0 Å². The summed E-state index contributed by atoms with van der Waals surface area (Å²) in [7, 11) is 0. The Hall–Kier alpha value is -2.49. The van der Waals surface area contributed by atoms with Crippen LogP contribution < -0.4 is 5.32 Å². The van der Waals surface area contributed by atoms with Crippen molar-refractivity contribution in [1.29, 1.82) is 0 Å². The quantitative estimate of drug-likeness (QED) is 0.783. The van der Waals surface area contributed by atoms with Gasteiger partial charge in [-0.1, -0.05) is 25.1 Å². The highest BCUT2D eigenvalue weighted by atomic mass is 15.0. The van der Waals surface area contributed by atoms with Crippen LogP contribution in [0.3, 0.4) is 0 Å². The number of fused-ring (bicyclic) bond motifs is 1. The maximum absolute atomic E-state index is 4.38. The number of nitrogens with zero attached hydrogens (tertiary/aromatic N) is 3. The predicted molar refractivity (Wildman–Crippen MR) is 81.5 cm³/mol. The van der Waals surface area contributed by atoms with Crippen LogP contribution in [0.4, 0.5) is 5.82 Å². The van der Waals surface area contributed by atoms with Crippen molar-refractivity contribution in [3.8, 4) is 11.3 Å². The lowest BCUT2D eigenvalue weighted by atomic mass is 10.1. The van der Waals surface area contributed by atoms with Gasteiger partial charge in [0.15, 0.2) is 0 Å². The second-order valence-corrected chi connectivity index (χ2v) is 4.63. The zero-order valence-corrected chi connectivity index (χ0v) is 11.4. The molecule has 1 aromatic carbocycles. The van der Waals surface area contributed by atoms with E-state index in [1.807, 2.05) is 12.1 Å². The molecule has 2 heterocycles. The average molecular weight is 264 g/mol.